The van der Waals surface area contributed by atoms with E-state index >= 15 is 0 Å². The summed E-state index contributed by atoms with van der Waals surface area (Å²) in [6.07, 6.45) is 0. The van der Waals surface area contributed by atoms with E-state index in [0.717, 1.165) is 5.56 Å². The molecular weight excluding hydrogens is 422 g/mol. The average Bonchev–Trinajstić information content (AvgIpc) is 2.83. The zero-order chi connectivity index (χ0) is 22.5. The van der Waals surface area contributed by atoms with Gasteiger partial charge in [0.25, 0.3) is 5.91 Å². The summed E-state index contributed by atoms with van der Waals surface area (Å²) in [5.41, 5.74) is 8.43. The highest BCUT2D eigenvalue weighted by atomic mass is 32.1. The third-order valence-corrected chi connectivity index (χ3v) is 5.23. The molecule has 1 atom stereocenters. The summed E-state index contributed by atoms with van der Waals surface area (Å²) in [5, 5.41) is 6.75. The van der Waals surface area contributed by atoms with Crippen molar-refractivity contribution in [2.75, 3.05) is 6.61 Å². The van der Waals surface area contributed by atoms with Crippen LogP contribution in [0.1, 0.15) is 27.5 Å². The number of carbonyl (C=O) groups is 2. The molecule has 1 aliphatic rings. The fourth-order valence-corrected chi connectivity index (χ4v) is 3.84. The number of rotatable bonds is 7. The van der Waals surface area contributed by atoms with E-state index in [1.807, 2.05) is 60.7 Å². The standard InChI is InChI=1S/C25H21N3O3S/c26-20(29)15-31-19-14-8-7-13-18(19)23-21(24(30)17-11-5-2-6-12-17)22(27-25(32)28-23)16-9-3-1-4-10-16/h1-14,23H,15H2,(H2,26,29)(H2,27,28,32)/t23-/m1/s1. The molecule has 7 heteroatoms. The lowest BCUT2D eigenvalue weighted by Crippen LogP contribution is -2.45. The first kappa shape index (κ1) is 21.3. The minimum Gasteiger partial charge on any atom is -0.483 e. The van der Waals surface area contributed by atoms with Crippen LogP contribution in [-0.2, 0) is 4.79 Å². The van der Waals surface area contributed by atoms with Crippen molar-refractivity contribution in [2.45, 2.75) is 6.04 Å². The van der Waals surface area contributed by atoms with Gasteiger partial charge in [0.05, 0.1) is 17.3 Å². The second kappa shape index (κ2) is 9.45. The van der Waals surface area contributed by atoms with Gasteiger partial charge in [-0.25, -0.2) is 0 Å². The van der Waals surface area contributed by atoms with E-state index < -0.39 is 11.9 Å². The number of para-hydroxylation sites is 1. The highest BCUT2D eigenvalue weighted by Crippen LogP contribution is 2.37. The number of ketones is 1. The van der Waals surface area contributed by atoms with E-state index in [4.69, 9.17) is 22.7 Å². The van der Waals surface area contributed by atoms with E-state index in [2.05, 4.69) is 10.6 Å². The van der Waals surface area contributed by atoms with Crippen molar-refractivity contribution in [1.82, 2.24) is 10.6 Å². The van der Waals surface area contributed by atoms with Gasteiger partial charge in [0.2, 0.25) is 0 Å². The van der Waals surface area contributed by atoms with Crippen molar-refractivity contribution in [3.05, 3.63) is 107 Å². The van der Waals surface area contributed by atoms with E-state index in [1.54, 1.807) is 24.3 Å². The van der Waals surface area contributed by atoms with Crippen LogP contribution in [0.3, 0.4) is 0 Å². The number of hydrogen-bond donors (Lipinski definition) is 3. The van der Waals surface area contributed by atoms with Crippen molar-refractivity contribution in [1.29, 1.82) is 0 Å². The van der Waals surface area contributed by atoms with Gasteiger partial charge in [-0.05, 0) is 23.8 Å². The summed E-state index contributed by atoms with van der Waals surface area (Å²) in [4.78, 5) is 25.0. The molecule has 4 N–H and O–H groups in total. The van der Waals surface area contributed by atoms with Crippen LogP contribution in [0.4, 0.5) is 0 Å². The van der Waals surface area contributed by atoms with Gasteiger partial charge < -0.3 is 21.1 Å². The molecular formula is C25H21N3O3S. The van der Waals surface area contributed by atoms with Gasteiger partial charge in [-0.3, -0.25) is 9.59 Å². The van der Waals surface area contributed by atoms with Gasteiger partial charge in [-0.2, -0.15) is 0 Å². The van der Waals surface area contributed by atoms with Gasteiger partial charge in [-0.1, -0.05) is 78.9 Å². The number of amides is 1. The molecule has 1 heterocycles. The lowest BCUT2D eigenvalue weighted by atomic mass is 9.87. The number of thiocarbonyl (C=S) groups is 1. The van der Waals surface area contributed by atoms with Crippen molar-refractivity contribution < 1.29 is 14.3 Å². The van der Waals surface area contributed by atoms with Gasteiger partial charge in [0.15, 0.2) is 17.5 Å². The summed E-state index contributed by atoms with van der Waals surface area (Å²) in [7, 11) is 0. The minimum atomic E-state index is -0.601. The van der Waals surface area contributed by atoms with Crippen LogP contribution in [0.15, 0.2) is 90.5 Å². The Morgan fingerprint density at radius 1 is 0.906 bits per heavy atom. The molecule has 0 bridgehead atoms. The molecule has 32 heavy (non-hydrogen) atoms. The molecule has 0 aromatic heterocycles. The molecule has 3 aromatic rings. The molecule has 0 saturated carbocycles. The van der Waals surface area contributed by atoms with E-state index in [1.165, 1.54) is 0 Å². The molecule has 160 valence electrons. The number of nitrogens with one attached hydrogen (secondary N) is 2. The molecule has 0 aliphatic carbocycles. The molecule has 0 spiro atoms. The quantitative estimate of drug-likeness (QED) is 0.383. The van der Waals surface area contributed by atoms with Crippen LogP contribution < -0.4 is 21.1 Å². The molecule has 0 saturated heterocycles. The van der Waals surface area contributed by atoms with Crippen LogP contribution in [0, 0.1) is 0 Å². The van der Waals surface area contributed by atoms with E-state index in [9.17, 15) is 9.59 Å². The first-order chi connectivity index (χ1) is 15.5. The zero-order valence-corrected chi connectivity index (χ0v) is 17.9. The number of carbonyl (C=O) groups excluding carboxylic acids is 2. The Labute approximate surface area is 191 Å². The number of hydrogen-bond acceptors (Lipinski definition) is 4. The molecule has 1 aliphatic heterocycles. The highest BCUT2D eigenvalue weighted by Gasteiger charge is 2.34. The summed E-state index contributed by atoms with van der Waals surface area (Å²) in [6.45, 7) is -0.274. The minimum absolute atomic E-state index is 0.151. The molecule has 1 amide bonds. The number of ether oxygens (including phenoxy) is 1. The average molecular weight is 444 g/mol. The number of Topliss-reactive ketones (excluding diaryl/α,β-unsaturated/α-hetero) is 1. The van der Waals surface area contributed by atoms with E-state index in [-0.39, 0.29) is 12.4 Å². The fraction of sp³-hybridized carbons (Fsp3) is 0.0800. The maximum atomic E-state index is 13.8. The maximum Gasteiger partial charge on any atom is 0.255 e. The van der Waals surface area contributed by atoms with Crippen molar-refractivity contribution in [3.8, 4) is 5.75 Å². The molecule has 0 unspecified atom stereocenters. The van der Waals surface area contributed by atoms with Gasteiger partial charge in [0, 0.05) is 11.1 Å². The molecule has 0 fully saturated rings. The van der Waals surface area contributed by atoms with Crippen LogP contribution >= 0.6 is 12.2 Å². The highest BCUT2D eigenvalue weighted by molar-refractivity contribution is 7.80. The first-order valence-corrected chi connectivity index (χ1v) is 10.4. The van der Waals surface area contributed by atoms with Gasteiger partial charge >= 0.3 is 0 Å². The maximum absolute atomic E-state index is 13.8. The molecule has 4 rings (SSSR count). The van der Waals surface area contributed by atoms with Gasteiger partial charge in [-0.15, -0.1) is 0 Å². The summed E-state index contributed by atoms with van der Waals surface area (Å²) in [5.74, 6) is -0.296. The predicted molar refractivity (Wildman–Crippen MR) is 127 cm³/mol. The molecule has 0 radical (unpaired) electrons. The zero-order valence-electron chi connectivity index (χ0n) is 17.1. The molecule has 3 aromatic carbocycles. The Balaban J connectivity index is 1.90. The van der Waals surface area contributed by atoms with Crippen molar-refractivity contribution in [3.63, 3.8) is 0 Å². The Kier molecular flexibility index (Phi) is 6.28. The Bertz CT molecular complexity index is 1190. The lowest BCUT2D eigenvalue weighted by molar-refractivity contribution is -0.119. The topological polar surface area (TPSA) is 93.5 Å². The lowest BCUT2D eigenvalue weighted by Gasteiger charge is -2.32. The number of primary amides is 1. The first-order valence-electron chi connectivity index (χ1n) is 10.0. The second-order valence-corrected chi connectivity index (χ2v) is 7.58. The largest absolute Gasteiger partial charge is 0.483 e. The van der Waals surface area contributed by atoms with Gasteiger partial charge in [0.1, 0.15) is 5.75 Å². The number of nitrogens with two attached hydrogens (primary N) is 1. The Morgan fingerprint density at radius 2 is 1.53 bits per heavy atom. The van der Waals surface area contributed by atoms with Crippen LogP contribution in [-0.4, -0.2) is 23.4 Å². The predicted octanol–water partition coefficient (Wildman–Crippen LogP) is 3.36. The van der Waals surface area contributed by atoms with Crippen molar-refractivity contribution >= 4 is 34.7 Å². The third-order valence-electron chi connectivity index (χ3n) is 5.01. The summed E-state index contributed by atoms with van der Waals surface area (Å²) < 4.78 is 5.65. The SMILES string of the molecule is NC(=O)COc1ccccc1[C@H]1NC(=S)NC(c2ccccc2)=C1C(=O)c1ccccc1. The third kappa shape index (κ3) is 4.53. The summed E-state index contributed by atoms with van der Waals surface area (Å²) in [6, 6.07) is 25.2. The second-order valence-electron chi connectivity index (χ2n) is 7.17. The molecule has 6 nitrogen and oxygen atoms in total. The Hall–Kier alpha value is -3.97. The van der Waals surface area contributed by atoms with Crippen LogP contribution in [0.25, 0.3) is 5.70 Å². The fourth-order valence-electron chi connectivity index (χ4n) is 3.62. The Morgan fingerprint density at radius 3 is 2.22 bits per heavy atom. The number of benzene rings is 3. The van der Waals surface area contributed by atoms with E-state index in [0.29, 0.717) is 33.3 Å². The normalized spacial score (nSPS) is 15.5. The monoisotopic (exact) mass is 443 g/mol. The van der Waals surface area contributed by atoms with Crippen LogP contribution in [0.2, 0.25) is 0 Å². The van der Waals surface area contributed by atoms with Crippen LogP contribution in [0.5, 0.6) is 5.75 Å². The smallest absolute Gasteiger partial charge is 0.255 e. The summed E-state index contributed by atoms with van der Waals surface area (Å²) >= 11 is 5.48. The van der Waals surface area contributed by atoms with Crippen molar-refractivity contribution in [2.24, 2.45) is 5.73 Å².